The Hall–Kier alpha value is -3.58. The summed E-state index contributed by atoms with van der Waals surface area (Å²) in [5.74, 6) is -0.729. The van der Waals surface area contributed by atoms with Gasteiger partial charge >= 0.3 is 0 Å². The highest BCUT2D eigenvalue weighted by Crippen LogP contribution is 2.23. The molecule has 0 amide bonds. The van der Waals surface area contributed by atoms with Crippen molar-refractivity contribution in [2.45, 2.75) is 25.6 Å². The standard InChI is InChI=1S/C25H27N3O4/c29-27(30)19-24(20-28(31)32)25(16-21-10-4-1-5-11-21)26(17-22-12-6-2-7-13-22)18-23-14-8-3-9-15-23/h1-15,24-25H,16-20H2/t25-/m0/s1. The molecule has 0 saturated heterocycles. The molecule has 0 aromatic heterocycles. The minimum atomic E-state index is -0.729. The van der Waals surface area contributed by atoms with Crippen LogP contribution >= 0.6 is 0 Å². The van der Waals surface area contributed by atoms with Crippen molar-refractivity contribution in [2.75, 3.05) is 13.1 Å². The average molecular weight is 434 g/mol. The molecule has 0 fully saturated rings. The van der Waals surface area contributed by atoms with Gasteiger partial charge < -0.3 is 0 Å². The summed E-state index contributed by atoms with van der Waals surface area (Å²) in [5.41, 5.74) is 3.12. The van der Waals surface area contributed by atoms with Gasteiger partial charge in [-0.3, -0.25) is 25.1 Å². The second-order valence-electron chi connectivity index (χ2n) is 7.92. The minimum absolute atomic E-state index is 0.381. The van der Waals surface area contributed by atoms with E-state index in [1.165, 1.54) is 0 Å². The molecule has 0 heterocycles. The summed E-state index contributed by atoms with van der Waals surface area (Å²) in [6, 6.07) is 29.0. The average Bonchev–Trinajstić information content (AvgIpc) is 2.78. The smallest absolute Gasteiger partial charge is 0.214 e. The van der Waals surface area contributed by atoms with Crippen molar-refractivity contribution < 1.29 is 9.85 Å². The zero-order valence-electron chi connectivity index (χ0n) is 17.8. The third-order valence-electron chi connectivity index (χ3n) is 5.52. The van der Waals surface area contributed by atoms with Crippen LogP contribution in [0.3, 0.4) is 0 Å². The highest BCUT2D eigenvalue weighted by molar-refractivity contribution is 5.20. The van der Waals surface area contributed by atoms with E-state index in [4.69, 9.17) is 0 Å². The van der Waals surface area contributed by atoms with Gasteiger partial charge in [-0.2, -0.15) is 0 Å². The third-order valence-corrected chi connectivity index (χ3v) is 5.52. The highest BCUT2D eigenvalue weighted by Gasteiger charge is 2.35. The topological polar surface area (TPSA) is 89.5 Å². The Kier molecular flexibility index (Phi) is 8.45. The fourth-order valence-electron chi connectivity index (χ4n) is 4.06. The van der Waals surface area contributed by atoms with Crippen LogP contribution in [0.2, 0.25) is 0 Å². The second kappa shape index (κ2) is 11.7. The van der Waals surface area contributed by atoms with Gasteiger partial charge in [-0.05, 0) is 23.1 Å². The normalized spacial score (nSPS) is 12.1. The van der Waals surface area contributed by atoms with Crippen LogP contribution in [-0.4, -0.2) is 33.9 Å². The first-order valence-electron chi connectivity index (χ1n) is 10.6. The molecule has 7 nitrogen and oxygen atoms in total. The molecule has 0 aliphatic carbocycles. The van der Waals surface area contributed by atoms with Crippen LogP contribution in [-0.2, 0) is 19.5 Å². The van der Waals surface area contributed by atoms with Gasteiger partial charge in [0.2, 0.25) is 13.1 Å². The molecule has 0 aliphatic heterocycles. The summed E-state index contributed by atoms with van der Waals surface area (Å²) < 4.78 is 0. The summed E-state index contributed by atoms with van der Waals surface area (Å²) in [6.45, 7) is 0.190. The van der Waals surface area contributed by atoms with Gasteiger partial charge in [-0.1, -0.05) is 91.0 Å². The zero-order chi connectivity index (χ0) is 22.8. The number of rotatable bonds is 12. The molecule has 7 heteroatoms. The van der Waals surface area contributed by atoms with E-state index in [0.717, 1.165) is 16.7 Å². The molecule has 0 unspecified atom stereocenters. The Labute approximate surface area is 187 Å². The van der Waals surface area contributed by atoms with E-state index in [1.807, 2.05) is 91.0 Å². The van der Waals surface area contributed by atoms with Crippen molar-refractivity contribution in [3.8, 4) is 0 Å². The predicted molar refractivity (Wildman–Crippen MR) is 123 cm³/mol. The van der Waals surface area contributed by atoms with E-state index in [0.29, 0.717) is 19.5 Å². The largest absolute Gasteiger partial charge is 0.291 e. The maximum absolute atomic E-state index is 11.5. The van der Waals surface area contributed by atoms with Gasteiger partial charge in [0, 0.05) is 29.0 Å². The van der Waals surface area contributed by atoms with Crippen LogP contribution in [0.1, 0.15) is 16.7 Å². The maximum Gasteiger partial charge on any atom is 0.214 e. The van der Waals surface area contributed by atoms with Crippen molar-refractivity contribution in [1.29, 1.82) is 0 Å². The van der Waals surface area contributed by atoms with Crippen LogP contribution in [0.5, 0.6) is 0 Å². The van der Waals surface area contributed by atoms with Gasteiger partial charge in [-0.15, -0.1) is 0 Å². The first kappa shape index (κ1) is 23.1. The molecule has 0 saturated carbocycles. The Bertz CT molecular complexity index is 926. The molecule has 0 aliphatic rings. The Balaban J connectivity index is 2.00. The molecule has 3 aromatic carbocycles. The molecular weight excluding hydrogens is 406 g/mol. The first-order chi connectivity index (χ1) is 15.5. The molecule has 3 aromatic rings. The Morgan fingerprint density at radius 1 is 0.625 bits per heavy atom. The molecule has 166 valence electrons. The van der Waals surface area contributed by atoms with E-state index in [-0.39, 0.29) is 6.04 Å². The van der Waals surface area contributed by atoms with Crippen molar-refractivity contribution in [3.05, 3.63) is 128 Å². The van der Waals surface area contributed by atoms with Crippen LogP contribution < -0.4 is 0 Å². The maximum atomic E-state index is 11.5. The molecule has 0 radical (unpaired) electrons. The van der Waals surface area contributed by atoms with Crippen molar-refractivity contribution in [2.24, 2.45) is 5.92 Å². The van der Waals surface area contributed by atoms with Crippen LogP contribution in [0.15, 0.2) is 91.0 Å². The monoisotopic (exact) mass is 433 g/mol. The van der Waals surface area contributed by atoms with Gasteiger partial charge in [-0.25, -0.2) is 0 Å². The minimum Gasteiger partial charge on any atom is -0.291 e. The number of hydrogen-bond donors (Lipinski definition) is 0. The van der Waals surface area contributed by atoms with Gasteiger partial charge in [0.15, 0.2) is 0 Å². The predicted octanol–water partition coefficient (Wildman–Crippen LogP) is 4.47. The van der Waals surface area contributed by atoms with Gasteiger partial charge in [0.25, 0.3) is 0 Å². The van der Waals surface area contributed by atoms with Gasteiger partial charge in [0.05, 0.1) is 0 Å². The summed E-state index contributed by atoms with van der Waals surface area (Å²) in [5, 5.41) is 22.9. The molecule has 32 heavy (non-hydrogen) atoms. The first-order valence-corrected chi connectivity index (χ1v) is 10.6. The molecular formula is C25H27N3O4. The third kappa shape index (κ3) is 7.28. The van der Waals surface area contributed by atoms with Crippen molar-refractivity contribution in [3.63, 3.8) is 0 Å². The van der Waals surface area contributed by atoms with Crippen LogP contribution in [0, 0.1) is 26.1 Å². The van der Waals surface area contributed by atoms with Crippen molar-refractivity contribution >= 4 is 0 Å². The Morgan fingerprint density at radius 2 is 1.00 bits per heavy atom. The molecule has 0 bridgehead atoms. The summed E-state index contributed by atoms with van der Waals surface area (Å²) in [4.78, 5) is 24.2. The molecule has 1 atom stereocenters. The fraction of sp³-hybridized carbons (Fsp3) is 0.280. The number of hydrogen-bond acceptors (Lipinski definition) is 5. The van der Waals surface area contributed by atoms with E-state index in [9.17, 15) is 20.2 Å². The summed E-state index contributed by atoms with van der Waals surface area (Å²) in [6.07, 6.45) is 0.493. The van der Waals surface area contributed by atoms with Crippen LogP contribution in [0.4, 0.5) is 0 Å². The summed E-state index contributed by atoms with van der Waals surface area (Å²) in [7, 11) is 0. The fourth-order valence-corrected chi connectivity index (χ4v) is 4.06. The van der Waals surface area contributed by atoms with E-state index in [1.54, 1.807) is 0 Å². The SMILES string of the molecule is O=[N+]([O-])CC(C[N+](=O)[O-])[C@H](Cc1ccccc1)N(Cc1ccccc1)Cc1ccccc1. The van der Waals surface area contributed by atoms with E-state index in [2.05, 4.69) is 4.90 Å². The van der Waals surface area contributed by atoms with Gasteiger partial charge in [0.1, 0.15) is 5.92 Å². The zero-order valence-corrected chi connectivity index (χ0v) is 17.8. The summed E-state index contributed by atoms with van der Waals surface area (Å²) >= 11 is 0. The lowest BCUT2D eigenvalue weighted by atomic mass is 9.91. The lowest BCUT2D eigenvalue weighted by molar-refractivity contribution is -0.526. The van der Waals surface area contributed by atoms with E-state index >= 15 is 0 Å². The molecule has 0 spiro atoms. The highest BCUT2D eigenvalue weighted by atomic mass is 16.6. The second-order valence-corrected chi connectivity index (χ2v) is 7.92. The number of nitrogens with zero attached hydrogens (tertiary/aromatic N) is 3. The lowest BCUT2D eigenvalue weighted by Crippen LogP contribution is -2.46. The molecule has 0 N–H and O–H groups in total. The number of nitro groups is 2. The molecule has 3 rings (SSSR count). The quantitative estimate of drug-likeness (QED) is 0.311. The van der Waals surface area contributed by atoms with Crippen LogP contribution in [0.25, 0.3) is 0 Å². The van der Waals surface area contributed by atoms with Crippen molar-refractivity contribution in [1.82, 2.24) is 4.90 Å². The number of benzene rings is 3. The Morgan fingerprint density at radius 3 is 1.38 bits per heavy atom. The van der Waals surface area contributed by atoms with E-state index < -0.39 is 28.9 Å². The lowest BCUT2D eigenvalue weighted by Gasteiger charge is -2.35.